The van der Waals surface area contributed by atoms with Gasteiger partial charge in [0.15, 0.2) is 0 Å². The van der Waals surface area contributed by atoms with Crippen LogP contribution in [0.1, 0.15) is 59.0 Å². The van der Waals surface area contributed by atoms with Crippen molar-refractivity contribution in [2.24, 2.45) is 0 Å². The van der Waals surface area contributed by atoms with Crippen molar-refractivity contribution in [1.82, 2.24) is 19.7 Å². The molecule has 2 aromatic rings. The van der Waals surface area contributed by atoms with Crippen LogP contribution < -0.4 is 5.32 Å². The van der Waals surface area contributed by atoms with Gasteiger partial charge in [-0.3, -0.25) is 0 Å². The summed E-state index contributed by atoms with van der Waals surface area (Å²) in [5.41, 5.74) is 7.87. The van der Waals surface area contributed by atoms with Crippen LogP contribution in [0.3, 0.4) is 0 Å². The van der Waals surface area contributed by atoms with E-state index in [0.717, 1.165) is 41.4 Å². The number of rotatable bonds is 7. The summed E-state index contributed by atoms with van der Waals surface area (Å²) in [5.74, 6) is 1.55. The number of nitrogens with zero attached hydrogens (tertiary/aromatic N) is 4. The third-order valence-corrected chi connectivity index (χ3v) is 5.93. The first-order valence-electron chi connectivity index (χ1n) is 11.5. The summed E-state index contributed by atoms with van der Waals surface area (Å²) in [7, 11) is 0. The van der Waals surface area contributed by atoms with Crippen LogP contribution >= 0.6 is 0 Å². The van der Waals surface area contributed by atoms with Gasteiger partial charge >= 0.3 is 0 Å². The molecular weight excluding hydrogens is 406 g/mol. The predicted octanol–water partition coefficient (Wildman–Crippen LogP) is 6.92. The topological polar surface area (TPSA) is 55.6 Å². The van der Waals surface area contributed by atoms with E-state index in [2.05, 4.69) is 73.1 Å². The van der Waals surface area contributed by atoms with Crippen molar-refractivity contribution in [1.29, 1.82) is 0 Å². The fourth-order valence-corrected chi connectivity index (χ4v) is 3.85. The molecule has 1 atom stereocenters. The molecule has 3 rings (SSSR count). The van der Waals surface area contributed by atoms with Gasteiger partial charge in [0.25, 0.3) is 0 Å². The van der Waals surface area contributed by atoms with Gasteiger partial charge in [0, 0.05) is 24.5 Å². The van der Waals surface area contributed by atoms with E-state index >= 15 is 0 Å². The molecule has 0 bridgehead atoms. The molecule has 33 heavy (non-hydrogen) atoms. The van der Waals surface area contributed by atoms with Crippen LogP contribution in [0.2, 0.25) is 0 Å². The summed E-state index contributed by atoms with van der Waals surface area (Å²) < 4.78 is 1.87. The number of allylic oxidation sites excluding steroid dienone is 10. The Hall–Kier alpha value is -3.47. The fourth-order valence-electron chi connectivity index (χ4n) is 3.85. The van der Waals surface area contributed by atoms with Crippen molar-refractivity contribution in [3.8, 4) is 0 Å². The number of anilines is 1. The number of aryl methyl sites for hydroxylation is 1. The summed E-state index contributed by atoms with van der Waals surface area (Å²) in [5, 5.41) is 7.88. The van der Waals surface area contributed by atoms with Crippen LogP contribution in [0.4, 0.5) is 5.82 Å². The van der Waals surface area contributed by atoms with E-state index in [9.17, 15) is 0 Å². The molecule has 0 amide bonds. The molecule has 1 aliphatic carbocycles. The lowest BCUT2D eigenvalue weighted by Crippen LogP contribution is -2.18. The third-order valence-electron chi connectivity index (χ3n) is 5.93. The normalized spacial score (nSPS) is 17.9. The molecule has 172 valence electrons. The minimum atomic E-state index is 0.0911. The quantitative estimate of drug-likeness (QED) is 0.474. The third kappa shape index (κ3) is 6.07. The first-order chi connectivity index (χ1) is 15.8. The lowest BCUT2D eigenvalue weighted by Gasteiger charge is -2.19. The van der Waals surface area contributed by atoms with Gasteiger partial charge in [-0.1, -0.05) is 24.8 Å². The molecule has 5 nitrogen and oxygen atoms in total. The van der Waals surface area contributed by atoms with Crippen molar-refractivity contribution in [2.45, 2.75) is 60.4 Å². The van der Waals surface area contributed by atoms with Crippen molar-refractivity contribution in [3.63, 3.8) is 0 Å². The van der Waals surface area contributed by atoms with Crippen LogP contribution in [0, 0.1) is 6.92 Å². The second kappa shape index (κ2) is 10.9. The molecule has 0 spiro atoms. The minimum Gasteiger partial charge on any atom is -0.364 e. The second-order valence-electron chi connectivity index (χ2n) is 8.44. The van der Waals surface area contributed by atoms with Crippen LogP contribution in [-0.4, -0.2) is 25.8 Å². The summed E-state index contributed by atoms with van der Waals surface area (Å²) in [6, 6.07) is 4.04. The molecule has 0 aliphatic heterocycles. The van der Waals surface area contributed by atoms with Gasteiger partial charge in [-0.25, -0.2) is 14.6 Å². The molecule has 5 heteroatoms. The van der Waals surface area contributed by atoms with Crippen molar-refractivity contribution < 1.29 is 0 Å². The highest BCUT2D eigenvalue weighted by Crippen LogP contribution is 2.31. The van der Waals surface area contributed by atoms with Gasteiger partial charge in [-0.05, 0) is 100 Å². The molecule has 2 heterocycles. The fraction of sp³-hybridized carbons (Fsp3) is 0.321. The average molecular weight is 442 g/mol. The van der Waals surface area contributed by atoms with E-state index in [0.29, 0.717) is 0 Å². The molecule has 1 N–H and O–H groups in total. The Balaban J connectivity index is 1.85. The largest absolute Gasteiger partial charge is 0.364 e. The maximum Gasteiger partial charge on any atom is 0.130 e. The Kier molecular flexibility index (Phi) is 7.99. The maximum atomic E-state index is 4.72. The Labute approximate surface area is 198 Å². The highest BCUT2D eigenvalue weighted by Gasteiger charge is 2.14. The molecule has 0 saturated carbocycles. The molecule has 0 radical (unpaired) electrons. The number of aromatic nitrogens is 4. The monoisotopic (exact) mass is 441 g/mol. The Morgan fingerprint density at radius 2 is 2.00 bits per heavy atom. The first kappa shape index (κ1) is 24.2. The number of hydrogen-bond acceptors (Lipinski definition) is 4. The predicted molar refractivity (Wildman–Crippen MR) is 140 cm³/mol. The highest BCUT2D eigenvalue weighted by atomic mass is 15.3. The lowest BCUT2D eigenvalue weighted by atomic mass is 9.88. The van der Waals surface area contributed by atoms with Gasteiger partial charge < -0.3 is 5.32 Å². The zero-order valence-corrected chi connectivity index (χ0v) is 20.7. The standard InChI is InChI=1S/C28H35N5/c1-8-24(17-26-19(3)12-10-13-20(26)4)27-18-28(32-23(7)31-27)30-22(6)21(5)16-25(9-2)33-15-11-14-29-33/h8-9,11,13-18,22H,3,10,12H2,1-2,4-7H3,(H,30,31,32). The summed E-state index contributed by atoms with van der Waals surface area (Å²) in [6.07, 6.45) is 16.6. The number of nitrogens with one attached hydrogen (secondary N) is 1. The maximum absolute atomic E-state index is 4.72. The molecule has 0 fully saturated rings. The SMILES string of the molecule is C=C1CCC=C(C)C1=CC(=CC)c1cc(NC(C)C(C)=CC(=CC)n2cccn2)nc(C)n1. The Morgan fingerprint density at radius 1 is 1.21 bits per heavy atom. The molecule has 1 unspecified atom stereocenters. The zero-order valence-electron chi connectivity index (χ0n) is 20.7. The van der Waals surface area contributed by atoms with E-state index in [4.69, 9.17) is 4.98 Å². The van der Waals surface area contributed by atoms with E-state index in [1.54, 1.807) is 6.20 Å². The van der Waals surface area contributed by atoms with Crippen molar-refractivity contribution in [2.75, 3.05) is 5.32 Å². The molecule has 0 aromatic carbocycles. The summed E-state index contributed by atoms with van der Waals surface area (Å²) in [4.78, 5) is 9.36. The van der Waals surface area contributed by atoms with Gasteiger partial charge in [0.2, 0.25) is 0 Å². The Morgan fingerprint density at radius 3 is 2.64 bits per heavy atom. The summed E-state index contributed by atoms with van der Waals surface area (Å²) in [6.45, 7) is 16.7. The highest BCUT2D eigenvalue weighted by molar-refractivity contribution is 5.76. The molecule has 1 aliphatic rings. The molecule has 2 aromatic heterocycles. The lowest BCUT2D eigenvalue weighted by molar-refractivity contribution is 0.882. The van der Waals surface area contributed by atoms with Crippen molar-refractivity contribution in [3.05, 3.63) is 95.3 Å². The van der Waals surface area contributed by atoms with Crippen LogP contribution in [0.15, 0.2) is 83.8 Å². The first-order valence-corrected chi connectivity index (χ1v) is 11.5. The molecular formula is C28H35N5. The number of hydrogen-bond donors (Lipinski definition) is 1. The van der Waals surface area contributed by atoms with E-state index in [1.807, 2.05) is 43.8 Å². The van der Waals surface area contributed by atoms with Gasteiger partial charge in [0.1, 0.15) is 11.6 Å². The van der Waals surface area contributed by atoms with Crippen molar-refractivity contribution >= 4 is 17.1 Å². The minimum absolute atomic E-state index is 0.0911. The average Bonchev–Trinajstić information content (AvgIpc) is 3.31. The van der Waals surface area contributed by atoms with Gasteiger partial charge in [0.05, 0.1) is 11.4 Å². The van der Waals surface area contributed by atoms with E-state index in [-0.39, 0.29) is 6.04 Å². The smallest absolute Gasteiger partial charge is 0.130 e. The van der Waals surface area contributed by atoms with Crippen LogP contribution in [0.25, 0.3) is 11.3 Å². The van der Waals surface area contributed by atoms with Crippen LogP contribution in [0.5, 0.6) is 0 Å². The van der Waals surface area contributed by atoms with E-state index in [1.165, 1.54) is 22.3 Å². The second-order valence-corrected chi connectivity index (χ2v) is 8.44. The summed E-state index contributed by atoms with van der Waals surface area (Å²) >= 11 is 0. The van der Waals surface area contributed by atoms with E-state index < -0.39 is 0 Å². The Bertz CT molecular complexity index is 1160. The van der Waals surface area contributed by atoms with Gasteiger partial charge in [-0.2, -0.15) is 5.10 Å². The zero-order chi connectivity index (χ0) is 24.0. The van der Waals surface area contributed by atoms with Crippen LogP contribution in [-0.2, 0) is 0 Å². The van der Waals surface area contributed by atoms with Gasteiger partial charge in [-0.15, -0.1) is 0 Å². The molecule has 0 saturated heterocycles.